The Morgan fingerprint density at radius 2 is 2.47 bits per heavy atom. The first-order chi connectivity index (χ1) is 8.97. The van der Waals surface area contributed by atoms with Gasteiger partial charge in [-0.3, -0.25) is 4.79 Å². The van der Waals surface area contributed by atoms with Crippen LogP contribution in [0.3, 0.4) is 0 Å². The maximum atomic E-state index is 10.8. The fourth-order valence-corrected chi connectivity index (χ4v) is 3.16. The predicted molar refractivity (Wildman–Crippen MR) is 75.4 cm³/mol. The Labute approximate surface area is 116 Å². The summed E-state index contributed by atoms with van der Waals surface area (Å²) in [6.45, 7) is 4.34. The van der Waals surface area contributed by atoms with E-state index in [2.05, 4.69) is 29.2 Å². The maximum Gasteiger partial charge on any atom is 0.326 e. The van der Waals surface area contributed by atoms with E-state index in [0.29, 0.717) is 17.7 Å². The summed E-state index contributed by atoms with van der Waals surface area (Å²) in [5.74, 6) is -0.510. The summed E-state index contributed by atoms with van der Waals surface area (Å²) >= 11 is 1.41. The molecule has 106 valence electrons. The molecule has 0 saturated carbocycles. The highest BCUT2D eigenvalue weighted by molar-refractivity contribution is 7.13. The van der Waals surface area contributed by atoms with Gasteiger partial charge in [0.25, 0.3) is 0 Å². The number of hydrogen-bond donors (Lipinski definition) is 3. The van der Waals surface area contributed by atoms with Crippen LogP contribution in [0.5, 0.6) is 0 Å². The summed E-state index contributed by atoms with van der Waals surface area (Å²) < 4.78 is 0. The zero-order valence-electron chi connectivity index (χ0n) is 11.2. The number of nitrogens with one attached hydrogen (secondary N) is 1. The molecule has 0 aliphatic carbocycles. The first-order valence-corrected chi connectivity index (χ1v) is 7.24. The van der Waals surface area contributed by atoms with Crippen molar-refractivity contribution < 1.29 is 9.90 Å². The van der Waals surface area contributed by atoms with E-state index in [0.717, 1.165) is 24.6 Å². The second-order valence-electron chi connectivity index (χ2n) is 5.17. The molecule has 0 bridgehead atoms. The molecule has 4 N–H and O–H groups in total. The van der Waals surface area contributed by atoms with Gasteiger partial charge >= 0.3 is 5.97 Å². The van der Waals surface area contributed by atoms with E-state index in [9.17, 15) is 4.79 Å². The van der Waals surface area contributed by atoms with E-state index in [1.807, 2.05) is 0 Å². The summed E-state index contributed by atoms with van der Waals surface area (Å²) in [6, 6.07) is -0.655. The number of likely N-dealkylation sites (tertiary alicyclic amines) is 1. The number of nitrogens with two attached hydrogens (primary N) is 1. The molecular weight excluding hydrogens is 264 g/mol. The average molecular weight is 284 g/mol. The van der Waals surface area contributed by atoms with Crippen LogP contribution in [0.25, 0.3) is 0 Å². The summed E-state index contributed by atoms with van der Waals surface area (Å²) in [6.07, 6.45) is 1.07. The molecule has 0 aromatic carbocycles. The molecule has 1 saturated heterocycles. The van der Waals surface area contributed by atoms with E-state index in [1.165, 1.54) is 11.3 Å². The summed E-state index contributed by atoms with van der Waals surface area (Å²) in [4.78, 5) is 17.4. The molecule has 1 fully saturated rings. The molecule has 1 aromatic heterocycles. The molecule has 1 aromatic rings. The van der Waals surface area contributed by atoms with Gasteiger partial charge < -0.3 is 21.1 Å². The lowest BCUT2D eigenvalue weighted by molar-refractivity contribution is -0.138. The Kier molecular flexibility index (Phi) is 4.38. The van der Waals surface area contributed by atoms with Gasteiger partial charge in [-0.25, -0.2) is 4.98 Å². The lowest BCUT2D eigenvalue weighted by atomic mass is 9.94. The van der Waals surface area contributed by atoms with Crippen molar-refractivity contribution in [2.45, 2.75) is 25.4 Å². The number of nitrogens with zero attached hydrogens (tertiary/aromatic N) is 2. The standard InChI is InChI=1S/C12H20N4O2S/c1-7-5-16(2)4-3-8(7)14-12-15-9(6-19-12)10(13)11(17)18/h6-8,10H,3-5,13H2,1-2H3,(H,14,15)(H,17,18). The van der Waals surface area contributed by atoms with Crippen molar-refractivity contribution in [1.29, 1.82) is 0 Å². The lowest BCUT2D eigenvalue weighted by Gasteiger charge is -2.35. The minimum atomic E-state index is -1.05. The molecule has 3 atom stereocenters. The van der Waals surface area contributed by atoms with Crippen molar-refractivity contribution in [2.24, 2.45) is 11.7 Å². The maximum absolute atomic E-state index is 10.8. The number of aliphatic carboxylic acids is 1. The van der Waals surface area contributed by atoms with Crippen LogP contribution in [0.15, 0.2) is 5.38 Å². The highest BCUT2D eigenvalue weighted by Gasteiger charge is 2.25. The number of piperidine rings is 1. The fraction of sp³-hybridized carbons (Fsp3) is 0.667. The van der Waals surface area contributed by atoms with Crippen molar-refractivity contribution >= 4 is 22.4 Å². The van der Waals surface area contributed by atoms with Crippen molar-refractivity contribution in [3.8, 4) is 0 Å². The summed E-state index contributed by atoms with van der Waals surface area (Å²) in [5.41, 5.74) is 5.96. The second kappa shape index (κ2) is 5.85. The van der Waals surface area contributed by atoms with Crippen LogP contribution in [-0.4, -0.2) is 47.1 Å². The third-order valence-electron chi connectivity index (χ3n) is 3.52. The molecule has 19 heavy (non-hydrogen) atoms. The van der Waals surface area contributed by atoms with Crippen molar-refractivity contribution in [3.05, 3.63) is 11.1 Å². The number of carboxylic acid groups (broad SMARTS) is 1. The first kappa shape index (κ1) is 14.2. The monoisotopic (exact) mass is 284 g/mol. The number of thiazole rings is 1. The number of rotatable bonds is 4. The highest BCUT2D eigenvalue weighted by atomic mass is 32.1. The molecule has 7 heteroatoms. The molecule has 0 radical (unpaired) electrons. The van der Waals surface area contributed by atoms with Crippen molar-refractivity contribution in [2.75, 3.05) is 25.5 Å². The molecule has 6 nitrogen and oxygen atoms in total. The Hall–Kier alpha value is -1.18. The number of hydrogen-bond acceptors (Lipinski definition) is 6. The van der Waals surface area contributed by atoms with E-state index >= 15 is 0 Å². The van der Waals surface area contributed by atoms with Crippen LogP contribution < -0.4 is 11.1 Å². The zero-order valence-corrected chi connectivity index (χ0v) is 12.0. The van der Waals surface area contributed by atoms with Crippen LogP contribution in [0.2, 0.25) is 0 Å². The smallest absolute Gasteiger partial charge is 0.326 e. The van der Waals surface area contributed by atoms with E-state index < -0.39 is 12.0 Å². The number of carbonyl (C=O) groups is 1. The third kappa shape index (κ3) is 3.43. The van der Waals surface area contributed by atoms with Crippen LogP contribution in [0.4, 0.5) is 5.13 Å². The Balaban J connectivity index is 1.98. The molecule has 2 rings (SSSR count). The molecule has 3 unspecified atom stereocenters. The lowest BCUT2D eigenvalue weighted by Crippen LogP contribution is -2.43. The molecule has 2 heterocycles. The predicted octanol–water partition coefficient (Wildman–Crippen LogP) is 0.980. The van der Waals surface area contributed by atoms with E-state index in [4.69, 9.17) is 10.8 Å². The van der Waals surface area contributed by atoms with Crippen LogP contribution in [-0.2, 0) is 4.79 Å². The third-order valence-corrected chi connectivity index (χ3v) is 4.32. The molecule has 1 aliphatic heterocycles. The Morgan fingerprint density at radius 1 is 1.74 bits per heavy atom. The molecular formula is C12H20N4O2S. The number of carboxylic acids is 1. The van der Waals surface area contributed by atoms with Crippen molar-refractivity contribution in [1.82, 2.24) is 9.88 Å². The van der Waals surface area contributed by atoms with E-state index in [-0.39, 0.29) is 0 Å². The van der Waals surface area contributed by atoms with Gasteiger partial charge in [0.2, 0.25) is 0 Å². The largest absolute Gasteiger partial charge is 0.480 e. The topological polar surface area (TPSA) is 91.5 Å². The van der Waals surface area contributed by atoms with Gasteiger partial charge in [-0.1, -0.05) is 6.92 Å². The van der Waals surface area contributed by atoms with Crippen LogP contribution in [0.1, 0.15) is 25.1 Å². The normalized spacial score (nSPS) is 26.1. The molecule has 0 spiro atoms. The fourth-order valence-electron chi connectivity index (χ4n) is 2.35. The highest BCUT2D eigenvalue weighted by Crippen LogP contribution is 2.24. The summed E-state index contributed by atoms with van der Waals surface area (Å²) in [5, 5.41) is 14.7. The van der Waals surface area contributed by atoms with Crippen molar-refractivity contribution in [3.63, 3.8) is 0 Å². The van der Waals surface area contributed by atoms with Crippen LogP contribution >= 0.6 is 11.3 Å². The van der Waals surface area contributed by atoms with Crippen LogP contribution in [0, 0.1) is 5.92 Å². The second-order valence-corrected chi connectivity index (χ2v) is 6.03. The van der Waals surface area contributed by atoms with Gasteiger partial charge in [-0.05, 0) is 25.9 Å². The van der Waals surface area contributed by atoms with Gasteiger partial charge in [0.05, 0.1) is 5.69 Å². The van der Waals surface area contributed by atoms with Gasteiger partial charge in [-0.15, -0.1) is 11.3 Å². The Morgan fingerprint density at radius 3 is 3.11 bits per heavy atom. The molecule has 0 amide bonds. The summed E-state index contributed by atoms with van der Waals surface area (Å²) in [7, 11) is 2.13. The number of aromatic nitrogens is 1. The minimum absolute atomic E-state index is 0.385. The van der Waals surface area contributed by atoms with Gasteiger partial charge in [0, 0.05) is 18.0 Å². The minimum Gasteiger partial charge on any atom is -0.480 e. The first-order valence-electron chi connectivity index (χ1n) is 6.36. The van der Waals surface area contributed by atoms with Gasteiger partial charge in [0.1, 0.15) is 6.04 Å². The van der Waals surface area contributed by atoms with Gasteiger partial charge in [-0.2, -0.15) is 0 Å². The average Bonchev–Trinajstić information content (AvgIpc) is 2.80. The quantitative estimate of drug-likeness (QED) is 0.763. The van der Waals surface area contributed by atoms with Gasteiger partial charge in [0.15, 0.2) is 5.13 Å². The zero-order chi connectivity index (χ0) is 14.0. The Bertz CT molecular complexity index is 451. The SMILES string of the molecule is CC1CN(C)CCC1Nc1nc(C(N)C(=O)O)cs1. The van der Waals surface area contributed by atoms with E-state index in [1.54, 1.807) is 5.38 Å². The molecule has 1 aliphatic rings. The number of anilines is 1.